The van der Waals surface area contributed by atoms with Gasteiger partial charge in [-0.3, -0.25) is 0 Å². The maximum Gasteiger partial charge on any atom is 0.335 e. The van der Waals surface area contributed by atoms with Gasteiger partial charge in [0, 0.05) is 11.6 Å². The molecule has 2 nitrogen and oxygen atoms in total. The fraction of sp³-hybridized carbons (Fsp3) is 0.500. The average Bonchev–Trinajstić information content (AvgIpc) is 2.45. The Hall–Kier alpha value is -1.57. The average molecular weight is 274 g/mol. The molecule has 0 fully saturated rings. The van der Waals surface area contributed by atoms with E-state index in [2.05, 4.69) is 52.5 Å². The second-order valence-electron chi connectivity index (χ2n) is 5.76. The summed E-state index contributed by atoms with van der Waals surface area (Å²) in [6.45, 7) is 12.2. The maximum absolute atomic E-state index is 11.6. The molecule has 1 aromatic rings. The van der Waals surface area contributed by atoms with Crippen molar-refractivity contribution in [3.63, 3.8) is 0 Å². The number of hydrogen-bond acceptors (Lipinski definition) is 2. The fourth-order valence-corrected chi connectivity index (χ4v) is 2.14. The third kappa shape index (κ3) is 3.96. The van der Waals surface area contributed by atoms with Crippen LogP contribution in [0.4, 0.5) is 0 Å². The van der Waals surface area contributed by atoms with Crippen LogP contribution in [0.3, 0.4) is 0 Å². The van der Waals surface area contributed by atoms with Gasteiger partial charge in [0.15, 0.2) is 0 Å². The Balaban J connectivity index is 3.28. The Morgan fingerprint density at radius 2 is 2.05 bits per heavy atom. The van der Waals surface area contributed by atoms with E-state index in [1.165, 1.54) is 6.08 Å². The second-order valence-corrected chi connectivity index (χ2v) is 5.76. The Bertz CT molecular complexity index is 472. The number of unbranched alkanes of at least 4 members (excludes halogenated alkanes) is 1. The van der Waals surface area contributed by atoms with Gasteiger partial charge in [-0.2, -0.15) is 0 Å². The van der Waals surface area contributed by atoms with Gasteiger partial charge in [0.05, 0.1) is 0 Å². The Morgan fingerprint density at radius 1 is 1.35 bits per heavy atom. The molecule has 0 spiro atoms. The minimum absolute atomic E-state index is 0.0149. The molecule has 0 heterocycles. The van der Waals surface area contributed by atoms with Gasteiger partial charge in [0.25, 0.3) is 0 Å². The molecular formula is C18H26O2. The van der Waals surface area contributed by atoms with Crippen LogP contribution in [0.1, 0.15) is 58.1 Å². The van der Waals surface area contributed by atoms with Gasteiger partial charge in [-0.25, -0.2) is 4.79 Å². The number of hydrogen-bond donors (Lipinski definition) is 0. The van der Waals surface area contributed by atoms with Gasteiger partial charge in [-0.15, -0.1) is 0 Å². The van der Waals surface area contributed by atoms with Crippen LogP contribution in [0.15, 0.2) is 30.9 Å². The van der Waals surface area contributed by atoms with E-state index in [9.17, 15) is 4.79 Å². The van der Waals surface area contributed by atoms with Gasteiger partial charge in [0.1, 0.15) is 5.75 Å². The number of carbonyl (C=O) groups excluding carboxylic acids is 1. The molecule has 0 saturated heterocycles. The summed E-state index contributed by atoms with van der Waals surface area (Å²) in [4.78, 5) is 11.6. The van der Waals surface area contributed by atoms with Crippen molar-refractivity contribution >= 4 is 5.97 Å². The zero-order chi connectivity index (χ0) is 15.2. The standard InChI is InChI=1S/C18H26O2/c1-6-9-11-14-12-10-13-15(18(4,5)8-3)17(14)20-16(19)7-2/h7,10,12-13H,2,6,8-9,11H2,1,3-5H3. The van der Waals surface area contributed by atoms with Gasteiger partial charge in [-0.1, -0.05) is 58.9 Å². The highest BCUT2D eigenvalue weighted by Crippen LogP contribution is 2.37. The summed E-state index contributed by atoms with van der Waals surface area (Å²) < 4.78 is 5.55. The number of esters is 1. The smallest absolute Gasteiger partial charge is 0.335 e. The molecule has 0 N–H and O–H groups in total. The molecular weight excluding hydrogens is 248 g/mol. The monoisotopic (exact) mass is 274 g/mol. The molecule has 0 aromatic heterocycles. The third-order valence-electron chi connectivity index (χ3n) is 3.88. The first-order valence-corrected chi connectivity index (χ1v) is 7.42. The topological polar surface area (TPSA) is 26.3 Å². The van der Waals surface area contributed by atoms with Crippen LogP contribution >= 0.6 is 0 Å². The first-order valence-electron chi connectivity index (χ1n) is 7.42. The Labute approximate surface area is 122 Å². The van der Waals surface area contributed by atoms with Crippen molar-refractivity contribution < 1.29 is 9.53 Å². The van der Waals surface area contributed by atoms with Crippen molar-refractivity contribution in [3.8, 4) is 5.75 Å². The number of benzene rings is 1. The van der Waals surface area contributed by atoms with E-state index >= 15 is 0 Å². The molecule has 1 aromatic carbocycles. The molecule has 0 aliphatic heterocycles. The summed E-state index contributed by atoms with van der Waals surface area (Å²) in [5.41, 5.74) is 2.20. The van der Waals surface area contributed by atoms with Crippen molar-refractivity contribution in [1.29, 1.82) is 0 Å². The molecule has 0 aliphatic rings. The van der Waals surface area contributed by atoms with E-state index in [0.29, 0.717) is 0 Å². The van der Waals surface area contributed by atoms with Gasteiger partial charge in [0.2, 0.25) is 0 Å². The SMILES string of the molecule is C=CC(=O)Oc1c(CCCC)cccc1C(C)(C)CC. The van der Waals surface area contributed by atoms with E-state index < -0.39 is 0 Å². The third-order valence-corrected chi connectivity index (χ3v) is 3.88. The molecule has 1 rings (SSSR count). The zero-order valence-corrected chi connectivity index (χ0v) is 13.2. The minimum Gasteiger partial charge on any atom is -0.423 e. The molecule has 20 heavy (non-hydrogen) atoms. The number of carbonyl (C=O) groups is 1. The summed E-state index contributed by atoms with van der Waals surface area (Å²) in [5.74, 6) is 0.347. The van der Waals surface area contributed by atoms with Crippen LogP contribution < -0.4 is 4.74 Å². The first-order chi connectivity index (χ1) is 9.46. The lowest BCUT2D eigenvalue weighted by Crippen LogP contribution is -2.19. The summed E-state index contributed by atoms with van der Waals surface area (Å²) in [6, 6.07) is 6.17. The minimum atomic E-state index is -0.387. The Morgan fingerprint density at radius 3 is 2.60 bits per heavy atom. The lowest BCUT2D eigenvalue weighted by Gasteiger charge is -2.27. The van der Waals surface area contributed by atoms with Gasteiger partial charge >= 0.3 is 5.97 Å². The summed E-state index contributed by atoms with van der Waals surface area (Å²) >= 11 is 0. The van der Waals surface area contributed by atoms with E-state index in [-0.39, 0.29) is 11.4 Å². The largest absolute Gasteiger partial charge is 0.423 e. The lowest BCUT2D eigenvalue weighted by molar-refractivity contribution is -0.129. The highest BCUT2D eigenvalue weighted by atomic mass is 16.5. The van der Waals surface area contributed by atoms with Crippen molar-refractivity contribution in [3.05, 3.63) is 42.0 Å². The van der Waals surface area contributed by atoms with Crippen LogP contribution in [0, 0.1) is 0 Å². The van der Waals surface area contributed by atoms with E-state index in [1.807, 2.05) is 0 Å². The van der Waals surface area contributed by atoms with Crippen molar-refractivity contribution in [2.75, 3.05) is 0 Å². The number of rotatable bonds is 7. The molecule has 2 heteroatoms. The van der Waals surface area contributed by atoms with E-state index in [1.54, 1.807) is 0 Å². The normalized spacial score (nSPS) is 11.2. The lowest BCUT2D eigenvalue weighted by atomic mass is 9.80. The van der Waals surface area contributed by atoms with Crippen LogP contribution in [0.5, 0.6) is 5.75 Å². The molecule has 0 radical (unpaired) electrons. The second kappa shape index (κ2) is 7.28. The summed E-state index contributed by atoms with van der Waals surface area (Å²) in [5, 5.41) is 0. The quantitative estimate of drug-likeness (QED) is 0.405. The summed E-state index contributed by atoms with van der Waals surface area (Å²) in [6.07, 6.45) is 5.36. The van der Waals surface area contributed by atoms with Crippen molar-refractivity contribution in [1.82, 2.24) is 0 Å². The highest BCUT2D eigenvalue weighted by Gasteiger charge is 2.25. The molecule has 0 bridgehead atoms. The van der Waals surface area contributed by atoms with E-state index in [4.69, 9.17) is 4.74 Å². The van der Waals surface area contributed by atoms with Gasteiger partial charge in [-0.05, 0) is 30.2 Å². The van der Waals surface area contributed by atoms with Crippen LogP contribution in [-0.4, -0.2) is 5.97 Å². The molecule has 0 atom stereocenters. The predicted octanol–water partition coefficient (Wildman–Crippen LogP) is 4.81. The molecule has 0 saturated carbocycles. The number of para-hydroxylation sites is 1. The van der Waals surface area contributed by atoms with Gasteiger partial charge < -0.3 is 4.74 Å². The molecule has 0 amide bonds. The van der Waals surface area contributed by atoms with Crippen molar-refractivity contribution in [2.24, 2.45) is 0 Å². The van der Waals surface area contributed by atoms with Crippen LogP contribution in [0.2, 0.25) is 0 Å². The highest BCUT2D eigenvalue weighted by molar-refractivity contribution is 5.84. The number of ether oxygens (including phenoxy) is 1. The molecule has 110 valence electrons. The van der Waals surface area contributed by atoms with Crippen LogP contribution in [-0.2, 0) is 16.6 Å². The first kappa shape index (κ1) is 16.5. The van der Waals surface area contributed by atoms with Crippen molar-refractivity contribution in [2.45, 2.75) is 58.8 Å². The fourth-order valence-electron chi connectivity index (χ4n) is 2.14. The van der Waals surface area contributed by atoms with E-state index in [0.717, 1.165) is 42.6 Å². The molecule has 0 aliphatic carbocycles. The maximum atomic E-state index is 11.6. The van der Waals surface area contributed by atoms with Crippen LogP contribution in [0.25, 0.3) is 0 Å². The zero-order valence-electron chi connectivity index (χ0n) is 13.2. The predicted molar refractivity (Wildman–Crippen MR) is 84.2 cm³/mol. The summed E-state index contributed by atoms with van der Waals surface area (Å²) in [7, 11) is 0. The Kier molecular flexibility index (Phi) is 6.00. The molecule has 0 unspecified atom stereocenters. The number of aryl methyl sites for hydroxylation is 1.